The number of hydrogen-bond acceptors (Lipinski definition) is 2. The first-order valence-corrected chi connectivity index (χ1v) is 3.26. The van der Waals surface area contributed by atoms with Crippen LogP contribution in [-0.2, 0) is 4.79 Å². The van der Waals surface area contributed by atoms with Crippen molar-refractivity contribution in [3.05, 3.63) is 0 Å². The van der Waals surface area contributed by atoms with Crippen LogP contribution in [0.2, 0.25) is 0 Å². The highest BCUT2D eigenvalue weighted by Crippen LogP contribution is 2.29. The third kappa shape index (κ3) is 0.525. The van der Waals surface area contributed by atoms with Crippen LogP contribution in [0.5, 0.6) is 0 Å². The van der Waals surface area contributed by atoms with Crippen molar-refractivity contribution in [2.24, 2.45) is 0 Å². The predicted octanol–water partition coefficient (Wildman–Crippen LogP) is -0.648. The van der Waals surface area contributed by atoms with E-state index in [0.717, 1.165) is 13.0 Å². The highest BCUT2D eigenvalue weighted by atomic mass is 16.3. The molecule has 2 atom stereocenters. The van der Waals surface area contributed by atoms with Crippen molar-refractivity contribution >= 4 is 5.91 Å². The van der Waals surface area contributed by atoms with E-state index in [4.69, 9.17) is 5.11 Å². The van der Waals surface area contributed by atoms with Gasteiger partial charge >= 0.3 is 0 Å². The molecule has 0 saturated carbocycles. The summed E-state index contributed by atoms with van der Waals surface area (Å²) >= 11 is 0. The summed E-state index contributed by atoms with van der Waals surface area (Å²) in [6.45, 7) is 0.769. The van der Waals surface area contributed by atoms with Crippen molar-refractivity contribution in [1.82, 2.24) is 4.90 Å². The van der Waals surface area contributed by atoms with Gasteiger partial charge in [0.1, 0.15) is 0 Å². The van der Waals surface area contributed by atoms with Gasteiger partial charge in [0.05, 0.1) is 12.1 Å². The van der Waals surface area contributed by atoms with Gasteiger partial charge < -0.3 is 10.0 Å². The Morgan fingerprint density at radius 3 is 2.89 bits per heavy atom. The van der Waals surface area contributed by atoms with E-state index in [-0.39, 0.29) is 18.1 Å². The molecule has 2 rings (SSSR count). The molecule has 2 aliphatic heterocycles. The van der Waals surface area contributed by atoms with E-state index >= 15 is 0 Å². The van der Waals surface area contributed by atoms with Crippen molar-refractivity contribution < 1.29 is 9.90 Å². The van der Waals surface area contributed by atoms with Gasteiger partial charge in [-0.15, -0.1) is 0 Å². The van der Waals surface area contributed by atoms with Crippen molar-refractivity contribution in [2.75, 3.05) is 6.54 Å². The van der Waals surface area contributed by atoms with Gasteiger partial charge in [0, 0.05) is 13.0 Å². The smallest absolute Gasteiger partial charge is 0.225 e. The number of hydrogen-bond donors (Lipinski definition) is 1. The summed E-state index contributed by atoms with van der Waals surface area (Å²) in [5.41, 5.74) is 0. The van der Waals surface area contributed by atoms with Crippen LogP contribution in [0.15, 0.2) is 0 Å². The number of amides is 1. The normalized spacial score (nSPS) is 40.6. The number of aliphatic hydroxyl groups is 1. The van der Waals surface area contributed by atoms with E-state index in [1.807, 2.05) is 0 Å². The van der Waals surface area contributed by atoms with Crippen LogP contribution in [0.1, 0.15) is 12.8 Å². The molecule has 50 valence electrons. The van der Waals surface area contributed by atoms with E-state index in [2.05, 4.69) is 0 Å². The number of nitrogens with zero attached hydrogens (tertiary/aromatic N) is 1. The highest BCUT2D eigenvalue weighted by Gasteiger charge is 2.44. The van der Waals surface area contributed by atoms with Crippen LogP contribution in [-0.4, -0.2) is 34.6 Å². The number of carbonyl (C=O) groups is 1. The minimum Gasteiger partial charge on any atom is -0.391 e. The summed E-state index contributed by atoms with van der Waals surface area (Å²) in [4.78, 5) is 12.4. The fourth-order valence-electron chi connectivity index (χ4n) is 1.58. The molecule has 3 nitrogen and oxygen atoms in total. The Labute approximate surface area is 53.3 Å². The van der Waals surface area contributed by atoms with Crippen molar-refractivity contribution in [1.29, 1.82) is 0 Å². The van der Waals surface area contributed by atoms with Crippen LogP contribution in [0.4, 0.5) is 0 Å². The molecule has 2 aliphatic rings. The minimum atomic E-state index is -0.234. The predicted molar refractivity (Wildman–Crippen MR) is 30.7 cm³/mol. The molecule has 1 unspecified atom stereocenters. The lowest BCUT2D eigenvalue weighted by molar-refractivity contribution is -0.145. The standard InChI is InChI=1S/C6H9NO2/c8-5-1-2-7-4(5)3-6(7)9/h4-5,8H,1-3H2/t4-,5?/m0/s1. The average molecular weight is 127 g/mol. The van der Waals surface area contributed by atoms with Gasteiger partial charge in [-0.3, -0.25) is 4.79 Å². The van der Waals surface area contributed by atoms with Crippen molar-refractivity contribution in [3.8, 4) is 0 Å². The SMILES string of the molecule is O=C1C[C@H]2C(O)CCN12. The van der Waals surface area contributed by atoms with Gasteiger partial charge in [-0.2, -0.15) is 0 Å². The lowest BCUT2D eigenvalue weighted by atomic mass is 10.0. The molecular weight excluding hydrogens is 118 g/mol. The molecule has 2 fully saturated rings. The fraction of sp³-hybridized carbons (Fsp3) is 0.833. The first-order chi connectivity index (χ1) is 4.29. The molecule has 0 bridgehead atoms. The molecule has 9 heavy (non-hydrogen) atoms. The fourth-order valence-corrected chi connectivity index (χ4v) is 1.58. The van der Waals surface area contributed by atoms with Crippen LogP contribution in [0, 0.1) is 0 Å². The molecule has 0 aliphatic carbocycles. The maximum absolute atomic E-state index is 10.7. The molecule has 0 aromatic rings. The molecule has 0 aromatic carbocycles. The van der Waals surface area contributed by atoms with Gasteiger partial charge in [0.2, 0.25) is 5.91 Å². The van der Waals surface area contributed by atoms with Crippen LogP contribution in [0.25, 0.3) is 0 Å². The molecule has 2 saturated heterocycles. The van der Waals surface area contributed by atoms with Crippen LogP contribution < -0.4 is 0 Å². The Morgan fingerprint density at radius 2 is 2.44 bits per heavy atom. The number of rotatable bonds is 0. The van der Waals surface area contributed by atoms with Gasteiger partial charge in [0.15, 0.2) is 0 Å². The Kier molecular flexibility index (Phi) is 0.858. The molecule has 0 aromatic heterocycles. The van der Waals surface area contributed by atoms with Gasteiger partial charge in [-0.25, -0.2) is 0 Å². The molecule has 2 heterocycles. The zero-order chi connectivity index (χ0) is 6.43. The Balaban J connectivity index is 2.11. The lowest BCUT2D eigenvalue weighted by Gasteiger charge is -2.35. The molecule has 0 spiro atoms. The minimum absolute atomic E-state index is 0.178. The zero-order valence-electron chi connectivity index (χ0n) is 5.08. The molecule has 1 N–H and O–H groups in total. The quantitative estimate of drug-likeness (QED) is 0.439. The monoisotopic (exact) mass is 127 g/mol. The number of aliphatic hydroxyl groups excluding tert-OH is 1. The first-order valence-electron chi connectivity index (χ1n) is 3.26. The van der Waals surface area contributed by atoms with E-state index in [0.29, 0.717) is 6.42 Å². The Hall–Kier alpha value is -0.570. The maximum atomic E-state index is 10.7. The number of β-lactam (4-membered cyclic amide) rings is 1. The van der Waals surface area contributed by atoms with Gasteiger partial charge in [0.25, 0.3) is 0 Å². The summed E-state index contributed by atoms with van der Waals surface area (Å²) in [5, 5.41) is 9.14. The zero-order valence-corrected chi connectivity index (χ0v) is 5.08. The van der Waals surface area contributed by atoms with Crippen LogP contribution >= 0.6 is 0 Å². The molecule has 0 radical (unpaired) electrons. The molecular formula is C6H9NO2. The molecule has 3 heteroatoms. The lowest BCUT2D eigenvalue weighted by Crippen LogP contribution is -2.51. The summed E-state index contributed by atoms with van der Waals surface area (Å²) in [6, 6.07) is 0.178. The summed E-state index contributed by atoms with van der Waals surface area (Å²) in [5.74, 6) is 0.205. The van der Waals surface area contributed by atoms with E-state index in [1.54, 1.807) is 4.90 Å². The highest BCUT2D eigenvalue weighted by molar-refractivity contribution is 5.83. The maximum Gasteiger partial charge on any atom is 0.225 e. The Morgan fingerprint density at radius 1 is 1.67 bits per heavy atom. The average Bonchev–Trinajstić information content (AvgIpc) is 2.07. The second-order valence-corrected chi connectivity index (χ2v) is 2.71. The van der Waals surface area contributed by atoms with Gasteiger partial charge in [-0.1, -0.05) is 0 Å². The summed E-state index contributed by atoms with van der Waals surface area (Å²) < 4.78 is 0. The topological polar surface area (TPSA) is 40.5 Å². The third-order valence-electron chi connectivity index (χ3n) is 2.21. The molecule has 1 amide bonds. The second-order valence-electron chi connectivity index (χ2n) is 2.71. The third-order valence-corrected chi connectivity index (χ3v) is 2.21. The second kappa shape index (κ2) is 1.48. The first kappa shape index (κ1) is 5.23. The van der Waals surface area contributed by atoms with E-state index in [9.17, 15) is 4.79 Å². The van der Waals surface area contributed by atoms with Crippen molar-refractivity contribution in [2.45, 2.75) is 25.0 Å². The summed E-state index contributed by atoms with van der Waals surface area (Å²) in [7, 11) is 0. The summed E-state index contributed by atoms with van der Waals surface area (Å²) in [6.07, 6.45) is 1.11. The largest absolute Gasteiger partial charge is 0.391 e. The van der Waals surface area contributed by atoms with E-state index in [1.165, 1.54) is 0 Å². The van der Waals surface area contributed by atoms with Gasteiger partial charge in [-0.05, 0) is 6.42 Å². The van der Waals surface area contributed by atoms with E-state index < -0.39 is 0 Å². The number of carbonyl (C=O) groups excluding carboxylic acids is 1. The number of fused-ring (bicyclic) bond motifs is 1. The van der Waals surface area contributed by atoms with Crippen molar-refractivity contribution in [3.63, 3.8) is 0 Å². The van der Waals surface area contributed by atoms with Crippen LogP contribution in [0.3, 0.4) is 0 Å². The Bertz CT molecular complexity index is 157.